The van der Waals surface area contributed by atoms with Crippen LogP contribution >= 0.6 is 0 Å². The molecule has 0 spiro atoms. The Bertz CT molecular complexity index is 222. The Balaban J connectivity index is 1.73. The zero-order valence-electron chi connectivity index (χ0n) is 8.26. The fourth-order valence-electron chi connectivity index (χ4n) is 2.80. The average Bonchev–Trinajstić information content (AvgIpc) is 2.76. The molecule has 0 heterocycles. The first-order chi connectivity index (χ1) is 6.79. The van der Waals surface area contributed by atoms with Gasteiger partial charge in [0.25, 0.3) is 0 Å². The van der Waals surface area contributed by atoms with E-state index in [4.69, 9.17) is 0 Å². The number of amides is 2. The Kier molecular flexibility index (Phi) is 2.89. The standard InChI is InChI=1S/C10H17FN2O/c11-3-4-12-10(14)13-9-6-7-1-2-8(9)5-7/h7-9H,1-6H2,(H2,12,13,14). The third-order valence-electron chi connectivity index (χ3n) is 3.43. The fourth-order valence-corrected chi connectivity index (χ4v) is 2.80. The van der Waals surface area contributed by atoms with E-state index in [9.17, 15) is 9.18 Å². The minimum atomic E-state index is -0.496. The number of hydrogen-bond acceptors (Lipinski definition) is 1. The Morgan fingerprint density at radius 2 is 2.21 bits per heavy atom. The molecule has 0 aromatic heterocycles. The lowest BCUT2D eigenvalue weighted by atomic mass is 9.95. The Hall–Kier alpha value is -0.800. The van der Waals surface area contributed by atoms with Gasteiger partial charge < -0.3 is 10.6 Å². The van der Waals surface area contributed by atoms with Gasteiger partial charge in [-0.1, -0.05) is 6.42 Å². The zero-order valence-corrected chi connectivity index (χ0v) is 8.26. The summed E-state index contributed by atoms with van der Waals surface area (Å²) in [5.74, 6) is 1.50. The molecule has 0 radical (unpaired) electrons. The van der Waals surface area contributed by atoms with Crippen molar-refractivity contribution in [2.75, 3.05) is 13.2 Å². The maximum absolute atomic E-state index is 11.8. The second kappa shape index (κ2) is 4.15. The van der Waals surface area contributed by atoms with Crippen LogP contribution < -0.4 is 10.6 Å². The quantitative estimate of drug-likeness (QED) is 0.711. The highest BCUT2D eigenvalue weighted by atomic mass is 19.1. The lowest BCUT2D eigenvalue weighted by molar-refractivity contribution is 0.229. The molecule has 2 aliphatic rings. The van der Waals surface area contributed by atoms with Crippen molar-refractivity contribution in [3.63, 3.8) is 0 Å². The van der Waals surface area contributed by atoms with Crippen LogP contribution in [0.4, 0.5) is 9.18 Å². The molecule has 80 valence electrons. The molecule has 14 heavy (non-hydrogen) atoms. The van der Waals surface area contributed by atoms with E-state index in [0.29, 0.717) is 12.0 Å². The molecule has 2 rings (SSSR count). The number of urea groups is 1. The molecule has 2 amide bonds. The Morgan fingerprint density at radius 1 is 1.36 bits per heavy atom. The molecular weight excluding hydrogens is 183 g/mol. The number of nitrogens with one attached hydrogen (secondary N) is 2. The van der Waals surface area contributed by atoms with Crippen LogP contribution in [-0.4, -0.2) is 25.3 Å². The van der Waals surface area contributed by atoms with Crippen LogP contribution in [0.3, 0.4) is 0 Å². The van der Waals surface area contributed by atoms with Crippen molar-refractivity contribution in [3.05, 3.63) is 0 Å². The average molecular weight is 200 g/mol. The molecule has 2 saturated carbocycles. The topological polar surface area (TPSA) is 41.1 Å². The number of carbonyl (C=O) groups is 1. The first-order valence-electron chi connectivity index (χ1n) is 5.40. The number of alkyl halides is 1. The molecule has 3 nitrogen and oxygen atoms in total. The van der Waals surface area contributed by atoms with E-state index in [0.717, 1.165) is 12.3 Å². The largest absolute Gasteiger partial charge is 0.336 e. The van der Waals surface area contributed by atoms with E-state index >= 15 is 0 Å². The summed E-state index contributed by atoms with van der Waals surface area (Å²) in [6.07, 6.45) is 4.97. The van der Waals surface area contributed by atoms with Crippen molar-refractivity contribution < 1.29 is 9.18 Å². The molecule has 2 aliphatic carbocycles. The van der Waals surface area contributed by atoms with Crippen LogP contribution in [0.25, 0.3) is 0 Å². The molecule has 2 N–H and O–H groups in total. The van der Waals surface area contributed by atoms with Gasteiger partial charge >= 0.3 is 6.03 Å². The van der Waals surface area contributed by atoms with Gasteiger partial charge in [-0.3, -0.25) is 0 Å². The molecule has 0 aromatic carbocycles. The molecule has 4 heteroatoms. The first-order valence-corrected chi connectivity index (χ1v) is 5.40. The minimum absolute atomic E-state index is 0.118. The van der Waals surface area contributed by atoms with Gasteiger partial charge in [-0.15, -0.1) is 0 Å². The van der Waals surface area contributed by atoms with Crippen LogP contribution in [0.15, 0.2) is 0 Å². The van der Waals surface area contributed by atoms with Gasteiger partial charge in [0.05, 0.1) is 0 Å². The van der Waals surface area contributed by atoms with E-state index in [1.807, 2.05) is 0 Å². The summed E-state index contributed by atoms with van der Waals surface area (Å²) in [7, 11) is 0. The van der Waals surface area contributed by atoms with Crippen molar-refractivity contribution in [1.29, 1.82) is 0 Å². The summed E-state index contributed by atoms with van der Waals surface area (Å²) in [4.78, 5) is 11.2. The summed E-state index contributed by atoms with van der Waals surface area (Å²) >= 11 is 0. The lowest BCUT2D eigenvalue weighted by Crippen LogP contribution is -2.44. The van der Waals surface area contributed by atoms with Gasteiger partial charge in [0.2, 0.25) is 0 Å². The lowest BCUT2D eigenvalue weighted by Gasteiger charge is -2.22. The molecule has 2 fully saturated rings. The summed E-state index contributed by atoms with van der Waals surface area (Å²) < 4.78 is 11.8. The Labute approximate surface area is 83.4 Å². The van der Waals surface area contributed by atoms with E-state index in [2.05, 4.69) is 10.6 Å². The van der Waals surface area contributed by atoms with Gasteiger partial charge in [0.15, 0.2) is 0 Å². The highest BCUT2D eigenvalue weighted by Crippen LogP contribution is 2.44. The van der Waals surface area contributed by atoms with Crippen molar-refractivity contribution >= 4 is 6.03 Å². The number of rotatable bonds is 3. The summed E-state index contributed by atoms with van der Waals surface area (Å²) in [5.41, 5.74) is 0. The van der Waals surface area contributed by atoms with E-state index in [-0.39, 0.29) is 12.6 Å². The predicted octanol–water partition coefficient (Wildman–Crippen LogP) is 1.44. The van der Waals surface area contributed by atoms with Gasteiger partial charge in [-0.2, -0.15) is 0 Å². The van der Waals surface area contributed by atoms with Gasteiger partial charge in [0.1, 0.15) is 6.67 Å². The molecule has 2 bridgehead atoms. The van der Waals surface area contributed by atoms with Gasteiger partial charge in [-0.25, -0.2) is 9.18 Å². The van der Waals surface area contributed by atoms with Crippen LogP contribution in [0.5, 0.6) is 0 Å². The summed E-state index contributed by atoms with van der Waals surface area (Å²) in [5, 5.41) is 5.42. The number of halogens is 1. The molecule has 0 aliphatic heterocycles. The number of carbonyl (C=O) groups excluding carboxylic acids is 1. The molecule has 3 atom stereocenters. The third kappa shape index (κ3) is 1.99. The normalized spacial score (nSPS) is 34.5. The third-order valence-corrected chi connectivity index (χ3v) is 3.43. The molecule has 0 saturated heterocycles. The first kappa shape index (κ1) is 9.74. The Morgan fingerprint density at radius 3 is 2.79 bits per heavy atom. The van der Waals surface area contributed by atoms with Crippen LogP contribution in [0.1, 0.15) is 25.7 Å². The van der Waals surface area contributed by atoms with Crippen LogP contribution in [0.2, 0.25) is 0 Å². The SMILES string of the molecule is O=C(NCCF)NC1CC2CCC1C2. The summed E-state index contributed by atoms with van der Waals surface area (Å²) in [6.45, 7) is -0.378. The molecular formula is C10H17FN2O. The van der Waals surface area contributed by atoms with Crippen molar-refractivity contribution in [2.45, 2.75) is 31.7 Å². The van der Waals surface area contributed by atoms with Gasteiger partial charge in [-0.05, 0) is 31.1 Å². The highest BCUT2D eigenvalue weighted by Gasteiger charge is 2.39. The smallest absolute Gasteiger partial charge is 0.315 e. The fraction of sp³-hybridized carbons (Fsp3) is 0.900. The van der Waals surface area contributed by atoms with E-state index in [1.165, 1.54) is 19.3 Å². The predicted molar refractivity (Wildman–Crippen MR) is 51.7 cm³/mol. The van der Waals surface area contributed by atoms with Gasteiger partial charge in [0, 0.05) is 12.6 Å². The number of fused-ring (bicyclic) bond motifs is 2. The van der Waals surface area contributed by atoms with E-state index in [1.54, 1.807) is 0 Å². The highest BCUT2D eigenvalue weighted by molar-refractivity contribution is 5.74. The second-order valence-corrected chi connectivity index (χ2v) is 4.37. The maximum atomic E-state index is 11.8. The van der Waals surface area contributed by atoms with Crippen molar-refractivity contribution in [2.24, 2.45) is 11.8 Å². The minimum Gasteiger partial charge on any atom is -0.336 e. The van der Waals surface area contributed by atoms with Crippen molar-refractivity contribution in [1.82, 2.24) is 10.6 Å². The monoisotopic (exact) mass is 200 g/mol. The number of hydrogen-bond donors (Lipinski definition) is 2. The second-order valence-electron chi connectivity index (χ2n) is 4.37. The van der Waals surface area contributed by atoms with E-state index < -0.39 is 6.67 Å². The molecule has 3 unspecified atom stereocenters. The van der Waals surface area contributed by atoms with Crippen LogP contribution in [0, 0.1) is 11.8 Å². The maximum Gasteiger partial charge on any atom is 0.315 e. The van der Waals surface area contributed by atoms with Crippen molar-refractivity contribution in [3.8, 4) is 0 Å². The summed E-state index contributed by atoms with van der Waals surface area (Å²) in [6, 6.07) is 0.133. The van der Waals surface area contributed by atoms with Crippen LogP contribution in [-0.2, 0) is 0 Å². The zero-order chi connectivity index (χ0) is 9.97. The molecule has 0 aromatic rings.